The molecular formula is C42H80N2O2. The predicted molar refractivity (Wildman–Crippen MR) is 203 cm³/mol. The van der Waals surface area contributed by atoms with Gasteiger partial charge in [-0.15, -0.1) is 0 Å². The average molecular weight is 645 g/mol. The molecule has 270 valence electrons. The molecule has 4 heteroatoms. The summed E-state index contributed by atoms with van der Waals surface area (Å²) < 4.78 is 0. The molecule has 0 saturated carbocycles. The fraction of sp³-hybridized carbons (Fsp3) is 0.857. The van der Waals surface area contributed by atoms with Crippen molar-refractivity contribution in [1.29, 1.82) is 0 Å². The van der Waals surface area contributed by atoms with Crippen molar-refractivity contribution < 1.29 is 9.59 Å². The molecule has 0 rings (SSSR count). The first-order valence-corrected chi connectivity index (χ1v) is 20.4. The number of carbonyl (C=O) groups is 2. The lowest BCUT2D eigenvalue weighted by Gasteiger charge is -2.22. The zero-order valence-electron chi connectivity index (χ0n) is 31.3. The molecular weight excluding hydrogens is 564 g/mol. The van der Waals surface area contributed by atoms with E-state index in [0.29, 0.717) is 6.42 Å². The van der Waals surface area contributed by atoms with Gasteiger partial charge in [-0.25, -0.2) is 0 Å². The maximum Gasteiger partial charge on any atom is 0.222 e. The minimum Gasteiger partial charge on any atom is -0.369 e. The molecule has 0 bridgehead atoms. The van der Waals surface area contributed by atoms with Gasteiger partial charge in [0.15, 0.2) is 0 Å². The lowest BCUT2D eigenvalue weighted by molar-refractivity contribution is -0.125. The summed E-state index contributed by atoms with van der Waals surface area (Å²) in [5.41, 5.74) is 5.72. The van der Waals surface area contributed by atoms with Crippen LogP contribution in [0.25, 0.3) is 0 Å². The second kappa shape index (κ2) is 36.3. The quantitative estimate of drug-likeness (QED) is 0.0526. The Kier molecular flexibility index (Phi) is 35.0. The van der Waals surface area contributed by atoms with Crippen LogP contribution in [0.2, 0.25) is 0 Å². The lowest BCUT2D eigenvalue weighted by Crippen LogP contribution is -2.43. The van der Waals surface area contributed by atoms with Crippen LogP contribution in [-0.4, -0.2) is 17.9 Å². The minimum atomic E-state index is -0.287. The van der Waals surface area contributed by atoms with E-state index >= 15 is 0 Å². The van der Waals surface area contributed by atoms with Crippen LogP contribution >= 0.6 is 0 Å². The number of nitrogens with one attached hydrogen (secondary N) is 1. The van der Waals surface area contributed by atoms with Crippen molar-refractivity contribution in [2.45, 2.75) is 226 Å². The highest BCUT2D eigenvalue weighted by Crippen LogP contribution is 2.17. The molecule has 0 aliphatic rings. The molecule has 0 fully saturated rings. The number of unbranched alkanes of at least 4 members (excludes halogenated alkanes) is 25. The number of hydrogen-bond acceptors (Lipinski definition) is 2. The van der Waals surface area contributed by atoms with Crippen molar-refractivity contribution in [2.24, 2.45) is 11.7 Å². The fourth-order valence-electron chi connectivity index (χ4n) is 6.39. The van der Waals surface area contributed by atoms with Crippen molar-refractivity contribution in [1.82, 2.24) is 5.32 Å². The van der Waals surface area contributed by atoms with Gasteiger partial charge in [-0.3, -0.25) is 9.59 Å². The Morgan fingerprint density at radius 1 is 0.500 bits per heavy atom. The maximum atomic E-state index is 12.5. The van der Waals surface area contributed by atoms with Gasteiger partial charge in [-0.1, -0.05) is 167 Å². The first kappa shape index (κ1) is 44.4. The normalized spacial score (nSPS) is 13.1. The van der Waals surface area contributed by atoms with Crippen molar-refractivity contribution in [3.05, 3.63) is 24.3 Å². The van der Waals surface area contributed by atoms with E-state index in [4.69, 9.17) is 5.73 Å². The SMILES string of the molecule is CCCCCCCCC=CCCCCCCCCCCCC(=O)NC(C)C(CCCCCCC=CCCCCCCCC)C(N)=O. The second-order valence-electron chi connectivity index (χ2n) is 14.1. The fourth-order valence-corrected chi connectivity index (χ4v) is 6.39. The molecule has 0 aromatic heterocycles. The Labute approximate surface area is 288 Å². The molecule has 0 aliphatic carbocycles. The van der Waals surface area contributed by atoms with Gasteiger partial charge in [0.2, 0.25) is 11.8 Å². The summed E-state index contributed by atoms with van der Waals surface area (Å²) in [6.07, 6.45) is 47.8. The number of hydrogen-bond donors (Lipinski definition) is 2. The Morgan fingerprint density at radius 3 is 1.20 bits per heavy atom. The Hall–Kier alpha value is -1.58. The highest BCUT2D eigenvalue weighted by atomic mass is 16.2. The summed E-state index contributed by atoms with van der Waals surface area (Å²) in [7, 11) is 0. The van der Waals surface area contributed by atoms with Crippen LogP contribution in [0, 0.1) is 5.92 Å². The summed E-state index contributed by atoms with van der Waals surface area (Å²) in [5.74, 6) is -0.500. The zero-order valence-corrected chi connectivity index (χ0v) is 31.3. The number of amides is 2. The van der Waals surface area contributed by atoms with Crippen LogP contribution in [0.4, 0.5) is 0 Å². The highest BCUT2D eigenvalue weighted by Gasteiger charge is 2.23. The van der Waals surface area contributed by atoms with Crippen molar-refractivity contribution >= 4 is 11.8 Å². The summed E-state index contributed by atoms with van der Waals surface area (Å²) in [6, 6.07) is -0.189. The molecule has 2 amide bonds. The monoisotopic (exact) mass is 645 g/mol. The molecule has 0 aliphatic heterocycles. The molecule has 0 aromatic rings. The predicted octanol–water partition coefficient (Wildman–Crippen LogP) is 12.8. The number of allylic oxidation sites excluding steroid dienone is 4. The topological polar surface area (TPSA) is 72.2 Å². The molecule has 4 nitrogen and oxygen atoms in total. The number of rotatable bonds is 36. The smallest absolute Gasteiger partial charge is 0.222 e. The third-order valence-electron chi connectivity index (χ3n) is 9.55. The van der Waals surface area contributed by atoms with Crippen molar-refractivity contribution in [3.63, 3.8) is 0 Å². The van der Waals surface area contributed by atoms with Crippen LogP contribution in [0.15, 0.2) is 24.3 Å². The average Bonchev–Trinajstić information content (AvgIpc) is 3.03. The van der Waals surface area contributed by atoms with Gasteiger partial charge in [-0.05, 0) is 71.1 Å². The summed E-state index contributed by atoms with van der Waals surface area (Å²) in [6.45, 7) is 6.48. The van der Waals surface area contributed by atoms with E-state index in [-0.39, 0.29) is 23.8 Å². The largest absolute Gasteiger partial charge is 0.369 e. The van der Waals surface area contributed by atoms with Crippen LogP contribution < -0.4 is 11.1 Å². The third kappa shape index (κ3) is 32.4. The summed E-state index contributed by atoms with van der Waals surface area (Å²) in [5, 5.41) is 3.07. The van der Waals surface area contributed by atoms with Gasteiger partial charge in [0.05, 0.1) is 5.92 Å². The van der Waals surface area contributed by atoms with E-state index in [0.717, 1.165) is 38.5 Å². The van der Waals surface area contributed by atoms with Crippen molar-refractivity contribution in [3.8, 4) is 0 Å². The van der Waals surface area contributed by atoms with Crippen LogP contribution in [0.5, 0.6) is 0 Å². The van der Waals surface area contributed by atoms with Crippen molar-refractivity contribution in [2.75, 3.05) is 0 Å². The number of nitrogens with two attached hydrogens (primary N) is 1. The van der Waals surface area contributed by atoms with Gasteiger partial charge in [0.1, 0.15) is 0 Å². The molecule has 0 spiro atoms. The molecule has 0 radical (unpaired) electrons. The molecule has 46 heavy (non-hydrogen) atoms. The van der Waals surface area contributed by atoms with Gasteiger partial charge in [0.25, 0.3) is 0 Å². The van der Waals surface area contributed by atoms with E-state index < -0.39 is 0 Å². The van der Waals surface area contributed by atoms with E-state index in [1.54, 1.807) is 0 Å². The first-order valence-electron chi connectivity index (χ1n) is 20.4. The van der Waals surface area contributed by atoms with Gasteiger partial charge in [0, 0.05) is 12.5 Å². The molecule has 0 heterocycles. The molecule has 0 aromatic carbocycles. The molecule has 2 atom stereocenters. The van der Waals surface area contributed by atoms with Gasteiger partial charge >= 0.3 is 0 Å². The summed E-state index contributed by atoms with van der Waals surface area (Å²) in [4.78, 5) is 24.6. The lowest BCUT2D eigenvalue weighted by atomic mass is 9.93. The Morgan fingerprint density at radius 2 is 0.826 bits per heavy atom. The molecule has 0 saturated heterocycles. The van der Waals surface area contributed by atoms with Gasteiger partial charge in [-0.2, -0.15) is 0 Å². The van der Waals surface area contributed by atoms with Crippen LogP contribution in [0.3, 0.4) is 0 Å². The first-order chi connectivity index (χ1) is 22.5. The van der Waals surface area contributed by atoms with Crippen LogP contribution in [-0.2, 0) is 9.59 Å². The second-order valence-corrected chi connectivity index (χ2v) is 14.1. The number of carbonyl (C=O) groups excluding carboxylic acids is 2. The van der Waals surface area contributed by atoms with Crippen LogP contribution in [0.1, 0.15) is 220 Å². The highest BCUT2D eigenvalue weighted by molar-refractivity contribution is 5.80. The molecule has 3 N–H and O–H groups in total. The number of primary amides is 1. The van der Waals surface area contributed by atoms with E-state index in [1.807, 2.05) is 6.92 Å². The van der Waals surface area contributed by atoms with Gasteiger partial charge < -0.3 is 11.1 Å². The Bertz CT molecular complexity index is 716. The van der Waals surface area contributed by atoms with E-state index in [1.165, 1.54) is 154 Å². The molecule has 2 unspecified atom stereocenters. The standard InChI is InChI=1S/C42H80N2O2/c1-4-6-8-10-12-14-16-18-20-21-22-23-24-26-28-30-32-34-36-38-41(45)44-39(3)40(42(43)46)37-35-33-31-29-27-25-19-17-15-13-11-9-7-5-2/h18-20,25,39-40H,4-17,21-24,26-38H2,1-3H3,(H2,43,46)(H,44,45). The van der Waals surface area contributed by atoms with E-state index in [9.17, 15) is 9.59 Å². The minimum absolute atomic E-state index is 0.0625. The summed E-state index contributed by atoms with van der Waals surface area (Å²) >= 11 is 0. The van der Waals surface area contributed by atoms with E-state index in [2.05, 4.69) is 43.5 Å². The third-order valence-corrected chi connectivity index (χ3v) is 9.55. The Balaban J connectivity index is 3.66. The maximum absolute atomic E-state index is 12.5. The zero-order chi connectivity index (χ0) is 33.8.